The monoisotopic (exact) mass is 245 g/mol. The molecule has 0 saturated heterocycles. The number of hydrogen-bond acceptors (Lipinski definition) is 4. The van der Waals surface area contributed by atoms with Gasteiger partial charge in [-0.25, -0.2) is 4.98 Å². The molecule has 0 saturated carbocycles. The SMILES string of the molecule is Nc1cccc(-c2nc3ncccc3o2)c1Cl. The van der Waals surface area contributed by atoms with Crippen LogP contribution in [0.3, 0.4) is 0 Å². The number of oxazole rings is 1. The number of hydrogen-bond donors (Lipinski definition) is 1. The first-order valence-electron chi connectivity index (χ1n) is 5.01. The predicted molar refractivity (Wildman–Crippen MR) is 66.7 cm³/mol. The lowest BCUT2D eigenvalue weighted by Crippen LogP contribution is -1.88. The zero-order valence-electron chi connectivity index (χ0n) is 8.72. The summed E-state index contributed by atoms with van der Waals surface area (Å²) < 4.78 is 5.58. The highest BCUT2D eigenvalue weighted by atomic mass is 35.5. The molecule has 0 bridgehead atoms. The van der Waals surface area contributed by atoms with E-state index < -0.39 is 0 Å². The van der Waals surface area contributed by atoms with E-state index in [9.17, 15) is 0 Å². The lowest BCUT2D eigenvalue weighted by atomic mass is 10.2. The minimum atomic E-state index is 0.427. The van der Waals surface area contributed by atoms with E-state index in [2.05, 4.69) is 9.97 Å². The van der Waals surface area contributed by atoms with Crippen molar-refractivity contribution in [3.05, 3.63) is 41.6 Å². The number of aromatic nitrogens is 2. The fourth-order valence-electron chi connectivity index (χ4n) is 1.60. The van der Waals surface area contributed by atoms with E-state index in [1.165, 1.54) is 0 Å². The van der Waals surface area contributed by atoms with Crippen LogP contribution in [-0.4, -0.2) is 9.97 Å². The van der Waals surface area contributed by atoms with E-state index >= 15 is 0 Å². The average molecular weight is 246 g/mol. The molecule has 0 amide bonds. The highest BCUT2D eigenvalue weighted by Crippen LogP contribution is 2.32. The van der Waals surface area contributed by atoms with E-state index in [1.54, 1.807) is 30.5 Å². The summed E-state index contributed by atoms with van der Waals surface area (Å²) in [5, 5.41) is 0.444. The minimum Gasteiger partial charge on any atom is -0.434 e. The third-order valence-electron chi connectivity index (χ3n) is 2.42. The standard InChI is InChI=1S/C12H8ClN3O/c13-10-7(3-1-4-8(10)14)12-16-11-9(17-12)5-2-6-15-11/h1-6H,14H2. The predicted octanol–water partition coefficient (Wildman–Crippen LogP) is 3.13. The Balaban J connectivity index is 2.24. The fraction of sp³-hybridized carbons (Fsp3) is 0. The lowest BCUT2D eigenvalue weighted by molar-refractivity contribution is 0.620. The summed E-state index contributed by atoms with van der Waals surface area (Å²) in [6, 6.07) is 8.94. The fourth-order valence-corrected chi connectivity index (χ4v) is 1.81. The van der Waals surface area contributed by atoms with E-state index in [1.807, 2.05) is 6.07 Å². The van der Waals surface area contributed by atoms with Crippen LogP contribution in [0.5, 0.6) is 0 Å². The van der Waals surface area contributed by atoms with Crippen molar-refractivity contribution in [2.24, 2.45) is 0 Å². The van der Waals surface area contributed by atoms with Gasteiger partial charge in [0.2, 0.25) is 5.89 Å². The van der Waals surface area contributed by atoms with Crippen LogP contribution in [0.2, 0.25) is 5.02 Å². The Bertz CT molecular complexity index is 660. The molecule has 2 aromatic heterocycles. The second-order valence-electron chi connectivity index (χ2n) is 3.55. The summed E-state index contributed by atoms with van der Waals surface area (Å²) in [6.07, 6.45) is 1.66. The first-order chi connectivity index (χ1) is 8.25. The molecule has 0 aliphatic rings. The van der Waals surface area contributed by atoms with Crippen molar-refractivity contribution in [2.45, 2.75) is 0 Å². The van der Waals surface area contributed by atoms with Gasteiger partial charge in [-0.15, -0.1) is 0 Å². The molecule has 2 N–H and O–H groups in total. The molecule has 84 valence electrons. The maximum atomic E-state index is 6.11. The van der Waals surface area contributed by atoms with Gasteiger partial charge < -0.3 is 10.2 Å². The van der Waals surface area contributed by atoms with Crippen LogP contribution < -0.4 is 5.73 Å². The van der Waals surface area contributed by atoms with Gasteiger partial charge in [0.15, 0.2) is 11.2 Å². The Kier molecular flexibility index (Phi) is 2.23. The molecule has 2 heterocycles. The van der Waals surface area contributed by atoms with Gasteiger partial charge in [-0.2, -0.15) is 4.98 Å². The smallest absolute Gasteiger partial charge is 0.230 e. The lowest BCUT2D eigenvalue weighted by Gasteiger charge is -2.01. The number of nitrogens with two attached hydrogens (primary N) is 1. The highest BCUT2D eigenvalue weighted by molar-refractivity contribution is 6.35. The molecule has 5 heteroatoms. The topological polar surface area (TPSA) is 64.9 Å². The molecule has 1 aromatic carbocycles. The summed E-state index contributed by atoms with van der Waals surface area (Å²) in [6.45, 7) is 0. The van der Waals surface area contributed by atoms with E-state index in [0.717, 1.165) is 0 Å². The third kappa shape index (κ3) is 1.62. The van der Waals surface area contributed by atoms with Crippen LogP contribution in [0.15, 0.2) is 40.9 Å². The highest BCUT2D eigenvalue weighted by Gasteiger charge is 2.13. The molecular formula is C12H8ClN3O. The number of benzene rings is 1. The second-order valence-corrected chi connectivity index (χ2v) is 3.93. The van der Waals surface area contributed by atoms with Gasteiger partial charge in [0.1, 0.15) is 0 Å². The zero-order valence-corrected chi connectivity index (χ0v) is 9.48. The van der Waals surface area contributed by atoms with Crippen LogP contribution in [0.1, 0.15) is 0 Å². The molecule has 4 nitrogen and oxygen atoms in total. The molecule has 0 fully saturated rings. The molecule has 0 radical (unpaired) electrons. The Hall–Kier alpha value is -2.07. The molecule has 0 aliphatic carbocycles. The molecule has 3 aromatic rings. The normalized spacial score (nSPS) is 10.9. The van der Waals surface area contributed by atoms with Crippen LogP contribution in [0.4, 0.5) is 5.69 Å². The number of fused-ring (bicyclic) bond motifs is 1. The van der Waals surface area contributed by atoms with Gasteiger partial charge >= 0.3 is 0 Å². The van der Waals surface area contributed by atoms with Crippen molar-refractivity contribution in [3.8, 4) is 11.5 Å². The molecule has 0 spiro atoms. The van der Waals surface area contributed by atoms with Gasteiger partial charge in [-0.1, -0.05) is 17.7 Å². The van der Waals surface area contributed by atoms with Gasteiger partial charge in [0, 0.05) is 6.20 Å². The first-order valence-corrected chi connectivity index (χ1v) is 5.39. The van der Waals surface area contributed by atoms with Gasteiger partial charge in [0.05, 0.1) is 16.3 Å². The van der Waals surface area contributed by atoms with Crippen molar-refractivity contribution in [2.75, 3.05) is 5.73 Å². The average Bonchev–Trinajstić information content (AvgIpc) is 2.76. The molecule has 0 aliphatic heterocycles. The van der Waals surface area contributed by atoms with Crippen molar-refractivity contribution < 1.29 is 4.42 Å². The van der Waals surface area contributed by atoms with Gasteiger partial charge in [-0.05, 0) is 24.3 Å². The van der Waals surface area contributed by atoms with Crippen LogP contribution >= 0.6 is 11.6 Å². The van der Waals surface area contributed by atoms with Gasteiger partial charge in [0.25, 0.3) is 0 Å². The molecular weight excluding hydrogens is 238 g/mol. The minimum absolute atomic E-state index is 0.427. The van der Waals surface area contributed by atoms with Crippen molar-refractivity contribution in [3.63, 3.8) is 0 Å². The summed E-state index contributed by atoms with van der Waals surface area (Å²) >= 11 is 6.11. The van der Waals surface area contributed by atoms with Crippen LogP contribution in [0.25, 0.3) is 22.7 Å². The number of nitrogens with zero attached hydrogens (tertiary/aromatic N) is 2. The maximum Gasteiger partial charge on any atom is 0.230 e. The molecule has 0 atom stereocenters. The van der Waals surface area contributed by atoms with Crippen LogP contribution in [0, 0.1) is 0 Å². The summed E-state index contributed by atoms with van der Waals surface area (Å²) in [5.41, 5.74) is 8.09. The summed E-state index contributed by atoms with van der Waals surface area (Å²) in [4.78, 5) is 8.37. The number of anilines is 1. The number of halogens is 1. The quantitative estimate of drug-likeness (QED) is 0.669. The summed E-state index contributed by atoms with van der Waals surface area (Å²) in [5.74, 6) is 0.427. The first kappa shape index (κ1) is 10.1. The largest absolute Gasteiger partial charge is 0.434 e. The third-order valence-corrected chi connectivity index (χ3v) is 2.85. The Morgan fingerprint density at radius 1 is 1.18 bits per heavy atom. The zero-order chi connectivity index (χ0) is 11.8. The molecule has 17 heavy (non-hydrogen) atoms. The number of rotatable bonds is 1. The number of nitrogen functional groups attached to an aromatic ring is 1. The molecule has 0 unspecified atom stereocenters. The molecule has 3 rings (SSSR count). The van der Waals surface area contributed by atoms with E-state index in [-0.39, 0.29) is 0 Å². The Morgan fingerprint density at radius 3 is 2.88 bits per heavy atom. The second kappa shape index (κ2) is 3.75. The summed E-state index contributed by atoms with van der Waals surface area (Å²) in [7, 11) is 0. The Labute approximate surface area is 102 Å². The van der Waals surface area contributed by atoms with Crippen molar-refractivity contribution >= 4 is 28.5 Å². The maximum absolute atomic E-state index is 6.11. The van der Waals surface area contributed by atoms with Gasteiger partial charge in [-0.3, -0.25) is 0 Å². The van der Waals surface area contributed by atoms with E-state index in [4.69, 9.17) is 21.8 Å². The Morgan fingerprint density at radius 2 is 2.06 bits per heavy atom. The van der Waals surface area contributed by atoms with Crippen molar-refractivity contribution in [1.29, 1.82) is 0 Å². The number of pyridine rings is 1. The van der Waals surface area contributed by atoms with Crippen molar-refractivity contribution in [1.82, 2.24) is 9.97 Å². The van der Waals surface area contributed by atoms with Crippen LogP contribution in [-0.2, 0) is 0 Å². The van der Waals surface area contributed by atoms with E-state index in [0.29, 0.717) is 33.4 Å².